The normalized spacial score (nSPS) is 10.8. The number of rotatable bonds is 6. The predicted molar refractivity (Wildman–Crippen MR) is 86.5 cm³/mol. The molecule has 0 fully saturated rings. The molecule has 0 amide bonds. The van der Waals surface area contributed by atoms with Crippen molar-refractivity contribution in [2.45, 2.75) is 0 Å². The van der Waals surface area contributed by atoms with E-state index in [4.69, 9.17) is 9.84 Å². The Morgan fingerprint density at radius 3 is 2.38 bits per heavy atom. The predicted octanol–water partition coefficient (Wildman–Crippen LogP) is 3.72. The van der Waals surface area contributed by atoms with E-state index in [0.717, 1.165) is 10.0 Å². The average Bonchev–Trinajstić information content (AvgIpc) is 2.52. The Hall–Kier alpha value is -1.91. The van der Waals surface area contributed by atoms with E-state index in [1.807, 2.05) is 24.3 Å². The molecule has 0 aliphatic rings. The molecule has 0 unspecified atom stereocenters. The average molecular weight is 347 g/mol. The number of hydrogen-bond acceptors (Lipinski definition) is 3. The van der Waals surface area contributed by atoms with Crippen molar-refractivity contribution in [1.82, 2.24) is 0 Å². The second-order valence-corrected chi connectivity index (χ2v) is 5.26. The molecule has 2 aromatic carbocycles. The lowest BCUT2D eigenvalue weighted by molar-refractivity contribution is 0.104. The van der Waals surface area contributed by atoms with Crippen LogP contribution in [0.25, 0.3) is 6.08 Å². The van der Waals surface area contributed by atoms with Crippen molar-refractivity contribution in [2.75, 3.05) is 13.2 Å². The maximum absolute atomic E-state index is 12.0. The first-order valence-electron chi connectivity index (χ1n) is 6.51. The van der Waals surface area contributed by atoms with Gasteiger partial charge in [-0.05, 0) is 48.0 Å². The lowest BCUT2D eigenvalue weighted by Crippen LogP contribution is -2.01. The van der Waals surface area contributed by atoms with Gasteiger partial charge in [-0.2, -0.15) is 0 Å². The van der Waals surface area contributed by atoms with Gasteiger partial charge in [-0.15, -0.1) is 0 Å². The van der Waals surface area contributed by atoms with E-state index in [1.165, 1.54) is 0 Å². The molecular formula is C17H15BrO3. The van der Waals surface area contributed by atoms with Gasteiger partial charge in [0, 0.05) is 10.0 Å². The SMILES string of the molecule is O=C(C=Cc1ccc(OCCO)cc1)c1ccc(Br)cc1. The second-order valence-electron chi connectivity index (χ2n) is 4.35. The number of carbonyl (C=O) groups excluding carboxylic acids is 1. The lowest BCUT2D eigenvalue weighted by Gasteiger charge is -2.03. The molecular weight excluding hydrogens is 332 g/mol. The van der Waals surface area contributed by atoms with Gasteiger partial charge in [0.25, 0.3) is 0 Å². The maximum Gasteiger partial charge on any atom is 0.185 e. The van der Waals surface area contributed by atoms with Crippen LogP contribution in [0.4, 0.5) is 0 Å². The van der Waals surface area contributed by atoms with Crippen molar-refractivity contribution in [3.8, 4) is 5.75 Å². The van der Waals surface area contributed by atoms with Gasteiger partial charge >= 0.3 is 0 Å². The molecule has 21 heavy (non-hydrogen) atoms. The fourth-order valence-electron chi connectivity index (χ4n) is 1.72. The van der Waals surface area contributed by atoms with E-state index < -0.39 is 0 Å². The third-order valence-corrected chi connectivity index (χ3v) is 3.32. The van der Waals surface area contributed by atoms with Gasteiger partial charge in [-0.25, -0.2) is 0 Å². The number of ketones is 1. The number of benzene rings is 2. The number of hydrogen-bond donors (Lipinski definition) is 1. The molecule has 0 saturated carbocycles. The van der Waals surface area contributed by atoms with Crippen LogP contribution in [0.1, 0.15) is 15.9 Å². The smallest absolute Gasteiger partial charge is 0.185 e. The standard InChI is InChI=1S/C17H15BrO3/c18-15-6-4-14(5-7-15)17(20)10-3-13-1-8-16(9-2-13)21-12-11-19/h1-10,19H,11-12H2. The number of carbonyl (C=O) groups is 1. The van der Waals surface area contributed by atoms with Gasteiger partial charge in [0.2, 0.25) is 0 Å². The van der Waals surface area contributed by atoms with Crippen LogP contribution in [0, 0.1) is 0 Å². The van der Waals surface area contributed by atoms with Crippen LogP contribution in [0.2, 0.25) is 0 Å². The molecule has 0 aliphatic carbocycles. The van der Waals surface area contributed by atoms with Crippen LogP contribution < -0.4 is 4.74 Å². The summed E-state index contributed by atoms with van der Waals surface area (Å²) >= 11 is 3.34. The summed E-state index contributed by atoms with van der Waals surface area (Å²) in [4.78, 5) is 12.0. The Morgan fingerprint density at radius 2 is 1.76 bits per heavy atom. The van der Waals surface area contributed by atoms with Gasteiger partial charge in [0.15, 0.2) is 5.78 Å². The fourth-order valence-corrected chi connectivity index (χ4v) is 1.99. The molecule has 0 heterocycles. The summed E-state index contributed by atoms with van der Waals surface area (Å²) in [5, 5.41) is 8.68. The van der Waals surface area contributed by atoms with E-state index in [0.29, 0.717) is 11.3 Å². The summed E-state index contributed by atoms with van der Waals surface area (Å²) in [6.07, 6.45) is 3.31. The highest BCUT2D eigenvalue weighted by Crippen LogP contribution is 2.14. The Kier molecular flexibility index (Phi) is 5.72. The van der Waals surface area contributed by atoms with Crippen LogP contribution >= 0.6 is 15.9 Å². The van der Waals surface area contributed by atoms with Crippen molar-refractivity contribution < 1.29 is 14.6 Å². The van der Waals surface area contributed by atoms with Gasteiger partial charge in [0.05, 0.1) is 6.61 Å². The molecule has 0 bridgehead atoms. The third-order valence-electron chi connectivity index (χ3n) is 2.80. The number of halogens is 1. The Balaban J connectivity index is 2.00. The first-order valence-corrected chi connectivity index (χ1v) is 7.30. The van der Waals surface area contributed by atoms with Crippen molar-refractivity contribution in [3.05, 3.63) is 70.2 Å². The van der Waals surface area contributed by atoms with E-state index in [2.05, 4.69) is 15.9 Å². The third kappa shape index (κ3) is 4.85. The summed E-state index contributed by atoms with van der Waals surface area (Å²) < 4.78 is 6.22. The Labute approximate surface area is 132 Å². The molecule has 0 aliphatic heterocycles. The number of allylic oxidation sites excluding steroid dienone is 1. The van der Waals surface area contributed by atoms with Crippen molar-refractivity contribution in [3.63, 3.8) is 0 Å². The first-order chi connectivity index (χ1) is 10.2. The number of aliphatic hydroxyl groups is 1. The van der Waals surface area contributed by atoms with Crippen LogP contribution in [0.15, 0.2) is 59.1 Å². The van der Waals surface area contributed by atoms with Crippen molar-refractivity contribution in [1.29, 1.82) is 0 Å². The molecule has 0 radical (unpaired) electrons. The summed E-state index contributed by atoms with van der Waals surface area (Å²) in [6, 6.07) is 14.6. The largest absolute Gasteiger partial charge is 0.491 e. The van der Waals surface area contributed by atoms with Gasteiger partial charge < -0.3 is 9.84 Å². The van der Waals surface area contributed by atoms with Gasteiger partial charge in [0.1, 0.15) is 12.4 Å². The van der Waals surface area contributed by atoms with E-state index in [1.54, 1.807) is 36.4 Å². The highest BCUT2D eigenvalue weighted by Gasteiger charge is 2.01. The maximum atomic E-state index is 12.0. The molecule has 2 aromatic rings. The van der Waals surface area contributed by atoms with Crippen molar-refractivity contribution >= 4 is 27.8 Å². The van der Waals surface area contributed by atoms with Crippen LogP contribution in [0.5, 0.6) is 5.75 Å². The van der Waals surface area contributed by atoms with Crippen LogP contribution in [-0.4, -0.2) is 24.1 Å². The fraction of sp³-hybridized carbons (Fsp3) is 0.118. The highest BCUT2D eigenvalue weighted by molar-refractivity contribution is 9.10. The summed E-state index contributed by atoms with van der Waals surface area (Å²) in [7, 11) is 0. The highest BCUT2D eigenvalue weighted by atomic mass is 79.9. The lowest BCUT2D eigenvalue weighted by atomic mass is 10.1. The summed E-state index contributed by atoms with van der Waals surface area (Å²) in [5.74, 6) is 0.656. The topological polar surface area (TPSA) is 46.5 Å². The molecule has 2 rings (SSSR count). The molecule has 0 aromatic heterocycles. The van der Waals surface area contributed by atoms with E-state index >= 15 is 0 Å². The molecule has 1 N–H and O–H groups in total. The van der Waals surface area contributed by atoms with Gasteiger partial charge in [-0.3, -0.25) is 4.79 Å². The summed E-state index contributed by atoms with van der Waals surface area (Å²) in [5.41, 5.74) is 1.56. The Morgan fingerprint density at radius 1 is 1.10 bits per heavy atom. The quantitative estimate of drug-likeness (QED) is 0.640. The molecule has 4 heteroatoms. The summed E-state index contributed by atoms with van der Waals surface area (Å²) in [6.45, 7) is 0.264. The van der Waals surface area contributed by atoms with Gasteiger partial charge in [-0.1, -0.05) is 34.1 Å². The van der Waals surface area contributed by atoms with E-state index in [9.17, 15) is 4.79 Å². The zero-order chi connectivity index (χ0) is 15.1. The zero-order valence-electron chi connectivity index (χ0n) is 11.3. The first kappa shape index (κ1) is 15.5. The number of aliphatic hydroxyl groups excluding tert-OH is 1. The van der Waals surface area contributed by atoms with Crippen LogP contribution in [-0.2, 0) is 0 Å². The monoisotopic (exact) mass is 346 g/mol. The minimum atomic E-state index is -0.0388. The molecule has 0 saturated heterocycles. The molecule has 3 nitrogen and oxygen atoms in total. The second kappa shape index (κ2) is 7.76. The van der Waals surface area contributed by atoms with Crippen LogP contribution in [0.3, 0.4) is 0 Å². The molecule has 108 valence electrons. The van der Waals surface area contributed by atoms with E-state index in [-0.39, 0.29) is 19.0 Å². The number of ether oxygens (including phenoxy) is 1. The Bertz CT molecular complexity index is 615. The zero-order valence-corrected chi connectivity index (χ0v) is 12.9. The minimum Gasteiger partial charge on any atom is -0.491 e. The molecule has 0 atom stereocenters. The molecule has 0 spiro atoms. The van der Waals surface area contributed by atoms with Crippen molar-refractivity contribution in [2.24, 2.45) is 0 Å². The minimum absolute atomic E-state index is 0.0106.